The van der Waals surface area contributed by atoms with Gasteiger partial charge < -0.3 is 0 Å². The van der Waals surface area contributed by atoms with E-state index in [4.69, 9.17) is 0 Å². The van der Waals surface area contributed by atoms with Crippen molar-refractivity contribution < 1.29 is 0 Å². The van der Waals surface area contributed by atoms with Gasteiger partial charge in [0.25, 0.3) is 0 Å². The van der Waals surface area contributed by atoms with Gasteiger partial charge in [0.05, 0.1) is 0 Å². The standard InChI is InChI=1S/C16H16/c1-4-5-8-14-12(2)11-13(3)15-9-6-7-10-16(14)15/h4-11H,1H2,2-3H3/b8-5-. The van der Waals surface area contributed by atoms with Gasteiger partial charge in [-0.3, -0.25) is 0 Å². The summed E-state index contributed by atoms with van der Waals surface area (Å²) >= 11 is 0. The molecule has 0 nitrogen and oxygen atoms in total. The van der Waals surface area contributed by atoms with Gasteiger partial charge >= 0.3 is 0 Å². The van der Waals surface area contributed by atoms with Gasteiger partial charge in [-0.1, -0.05) is 55.1 Å². The Balaban J connectivity index is 2.81. The summed E-state index contributed by atoms with van der Waals surface area (Å²) in [7, 11) is 0. The van der Waals surface area contributed by atoms with E-state index in [1.165, 1.54) is 27.5 Å². The van der Waals surface area contributed by atoms with Crippen LogP contribution in [0.1, 0.15) is 16.7 Å². The summed E-state index contributed by atoms with van der Waals surface area (Å²) in [5.41, 5.74) is 3.94. The number of aryl methyl sites for hydroxylation is 2. The lowest BCUT2D eigenvalue weighted by molar-refractivity contribution is 1.41. The molecule has 0 atom stereocenters. The zero-order valence-electron chi connectivity index (χ0n) is 9.83. The van der Waals surface area contributed by atoms with E-state index in [0.717, 1.165) is 0 Å². The Hall–Kier alpha value is -1.82. The molecule has 0 unspecified atom stereocenters. The second kappa shape index (κ2) is 4.36. The molecule has 0 heteroatoms. The van der Waals surface area contributed by atoms with Crippen LogP contribution in [0.5, 0.6) is 0 Å². The van der Waals surface area contributed by atoms with Crippen molar-refractivity contribution >= 4 is 16.8 Å². The number of hydrogen-bond acceptors (Lipinski definition) is 0. The molecule has 0 aliphatic rings. The van der Waals surface area contributed by atoms with Crippen LogP contribution < -0.4 is 0 Å². The maximum Gasteiger partial charge on any atom is -0.0106 e. The summed E-state index contributed by atoms with van der Waals surface area (Å²) in [4.78, 5) is 0. The molecule has 0 N–H and O–H groups in total. The van der Waals surface area contributed by atoms with Crippen molar-refractivity contribution in [2.75, 3.05) is 0 Å². The van der Waals surface area contributed by atoms with Gasteiger partial charge in [0.1, 0.15) is 0 Å². The van der Waals surface area contributed by atoms with E-state index in [1.54, 1.807) is 0 Å². The summed E-state index contributed by atoms with van der Waals surface area (Å²) in [6.07, 6.45) is 5.93. The normalized spacial score (nSPS) is 11.1. The quantitative estimate of drug-likeness (QED) is 0.630. The van der Waals surface area contributed by atoms with E-state index in [1.807, 2.05) is 12.2 Å². The molecular weight excluding hydrogens is 192 g/mol. The van der Waals surface area contributed by atoms with Crippen LogP contribution in [0.4, 0.5) is 0 Å². The first kappa shape index (κ1) is 10.7. The van der Waals surface area contributed by atoms with Gasteiger partial charge in [-0.25, -0.2) is 0 Å². The van der Waals surface area contributed by atoms with Crippen LogP contribution >= 0.6 is 0 Å². The maximum atomic E-state index is 3.72. The summed E-state index contributed by atoms with van der Waals surface area (Å²) < 4.78 is 0. The minimum Gasteiger partial charge on any atom is -0.0991 e. The van der Waals surface area contributed by atoms with Gasteiger partial charge in [-0.15, -0.1) is 0 Å². The molecule has 2 rings (SSSR count). The van der Waals surface area contributed by atoms with E-state index >= 15 is 0 Å². The van der Waals surface area contributed by atoms with E-state index in [-0.39, 0.29) is 0 Å². The van der Waals surface area contributed by atoms with Crippen LogP contribution in [0.15, 0.2) is 49.1 Å². The number of fused-ring (bicyclic) bond motifs is 1. The lowest BCUT2D eigenvalue weighted by atomic mass is 9.95. The van der Waals surface area contributed by atoms with Crippen LogP contribution in [-0.2, 0) is 0 Å². The van der Waals surface area contributed by atoms with Crippen molar-refractivity contribution in [3.8, 4) is 0 Å². The van der Waals surface area contributed by atoms with Crippen molar-refractivity contribution in [2.45, 2.75) is 13.8 Å². The smallest absolute Gasteiger partial charge is 0.0106 e. The summed E-state index contributed by atoms with van der Waals surface area (Å²) in [5, 5.41) is 2.65. The first-order valence-electron chi connectivity index (χ1n) is 5.52. The fraction of sp³-hybridized carbons (Fsp3) is 0.125. The summed E-state index contributed by atoms with van der Waals surface area (Å²) in [6.45, 7) is 8.03. The van der Waals surface area contributed by atoms with E-state index < -0.39 is 0 Å². The molecule has 0 fully saturated rings. The molecule has 0 saturated heterocycles. The minimum atomic E-state index is 1.29. The van der Waals surface area contributed by atoms with Crippen molar-refractivity contribution in [3.63, 3.8) is 0 Å². The third kappa shape index (κ3) is 1.79. The van der Waals surface area contributed by atoms with Crippen LogP contribution in [0, 0.1) is 13.8 Å². The van der Waals surface area contributed by atoms with Gasteiger partial charge in [-0.05, 0) is 41.3 Å². The average molecular weight is 208 g/mol. The predicted octanol–water partition coefficient (Wildman–Crippen LogP) is 4.66. The zero-order valence-corrected chi connectivity index (χ0v) is 9.83. The summed E-state index contributed by atoms with van der Waals surface area (Å²) in [5.74, 6) is 0. The maximum absolute atomic E-state index is 3.72. The molecule has 0 saturated carbocycles. The molecule has 80 valence electrons. The average Bonchev–Trinajstić information content (AvgIpc) is 2.29. The highest BCUT2D eigenvalue weighted by Gasteiger charge is 2.03. The number of rotatable bonds is 2. The third-order valence-electron chi connectivity index (χ3n) is 2.90. The van der Waals surface area contributed by atoms with Crippen LogP contribution in [0.25, 0.3) is 16.8 Å². The molecule has 0 aromatic heterocycles. The van der Waals surface area contributed by atoms with Crippen molar-refractivity contribution in [1.29, 1.82) is 0 Å². The molecule has 0 heterocycles. The largest absolute Gasteiger partial charge is 0.0991 e. The number of allylic oxidation sites excluding steroid dienone is 2. The molecular formula is C16H16. The molecule has 16 heavy (non-hydrogen) atoms. The Kier molecular flexibility index (Phi) is 2.91. The van der Waals surface area contributed by atoms with Gasteiger partial charge in [0, 0.05) is 0 Å². The Bertz CT molecular complexity index is 560. The third-order valence-corrected chi connectivity index (χ3v) is 2.90. The Labute approximate surface area is 96.9 Å². The van der Waals surface area contributed by atoms with Crippen LogP contribution in [-0.4, -0.2) is 0 Å². The van der Waals surface area contributed by atoms with Crippen molar-refractivity contribution in [1.82, 2.24) is 0 Å². The highest BCUT2D eigenvalue weighted by atomic mass is 14.1. The Morgan fingerprint density at radius 3 is 2.38 bits per heavy atom. The van der Waals surface area contributed by atoms with Crippen molar-refractivity contribution in [3.05, 3.63) is 65.8 Å². The Morgan fingerprint density at radius 1 is 1.00 bits per heavy atom. The van der Waals surface area contributed by atoms with Crippen LogP contribution in [0.2, 0.25) is 0 Å². The van der Waals surface area contributed by atoms with Gasteiger partial charge in [-0.2, -0.15) is 0 Å². The number of benzene rings is 2. The lowest BCUT2D eigenvalue weighted by Gasteiger charge is -2.09. The second-order valence-corrected chi connectivity index (χ2v) is 4.06. The molecule has 2 aromatic rings. The lowest BCUT2D eigenvalue weighted by Crippen LogP contribution is -1.87. The Morgan fingerprint density at radius 2 is 1.69 bits per heavy atom. The molecule has 0 aliphatic carbocycles. The van der Waals surface area contributed by atoms with Gasteiger partial charge in [0.15, 0.2) is 0 Å². The fourth-order valence-electron chi connectivity index (χ4n) is 2.14. The topological polar surface area (TPSA) is 0 Å². The number of hydrogen-bond donors (Lipinski definition) is 0. The zero-order chi connectivity index (χ0) is 11.5. The molecule has 0 aliphatic heterocycles. The monoisotopic (exact) mass is 208 g/mol. The predicted molar refractivity (Wildman–Crippen MR) is 72.7 cm³/mol. The van der Waals surface area contributed by atoms with Crippen molar-refractivity contribution in [2.24, 2.45) is 0 Å². The molecule has 0 spiro atoms. The minimum absolute atomic E-state index is 1.29. The highest BCUT2D eigenvalue weighted by Crippen LogP contribution is 2.26. The molecule has 0 radical (unpaired) electrons. The highest BCUT2D eigenvalue weighted by molar-refractivity contribution is 5.94. The van der Waals surface area contributed by atoms with E-state index in [9.17, 15) is 0 Å². The van der Waals surface area contributed by atoms with Gasteiger partial charge in [0.2, 0.25) is 0 Å². The fourth-order valence-corrected chi connectivity index (χ4v) is 2.14. The summed E-state index contributed by atoms with van der Waals surface area (Å²) in [6, 6.07) is 10.8. The van der Waals surface area contributed by atoms with E-state index in [0.29, 0.717) is 0 Å². The van der Waals surface area contributed by atoms with E-state index in [2.05, 4.69) is 56.8 Å². The molecule has 2 aromatic carbocycles. The first-order chi connectivity index (χ1) is 7.74. The molecule has 0 bridgehead atoms. The van der Waals surface area contributed by atoms with Crippen LogP contribution in [0.3, 0.4) is 0 Å². The SMILES string of the molecule is C=C/C=C\c1c(C)cc(C)c2ccccc12. The molecule has 0 amide bonds. The second-order valence-electron chi connectivity index (χ2n) is 4.06. The first-order valence-corrected chi connectivity index (χ1v) is 5.52.